The van der Waals surface area contributed by atoms with Gasteiger partial charge in [0.25, 0.3) is 0 Å². The van der Waals surface area contributed by atoms with Crippen molar-refractivity contribution in [2.24, 2.45) is 11.3 Å². The van der Waals surface area contributed by atoms with Crippen molar-refractivity contribution in [3.8, 4) is 0 Å². The van der Waals surface area contributed by atoms with Crippen LogP contribution in [-0.4, -0.2) is 18.4 Å². The molecule has 0 saturated heterocycles. The van der Waals surface area contributed by atoms with Gasteiger partial charge in [-0.05, 0) is 0 Å². The Balaban J connectivity index is 2.64. The van der Waals surface area contributed by atoms with E-state index < -0.39 is 18.4 Å². The van der Waals surface area contributed by atoms with E-state index in [9.17, 15) is 0 Å². The van der Waals surface area contributed by atoms with Crippen LogP contribution in [0.5, 0.6) is 0 Å². The topological polar surface area (TPSA) is 0 Å². The van der Waals surface area contributed by atoms with E-state index in [0.717, 1.165) is 5.92 Å². The Hall–Kier alpha value is 0.799. The summed E-state index contributed by atoms with van der Waals surface area (Å²) in [5.41, 5.74) is 0.715. The van der Waals surface area contributed by atoms with Crippen LogP contribution in [0, 0.1) is 11.3 Å². The zero-order valence-electron chi connectivity index (χ0n) is 14.4. The van der Waals surface area contributed by atoms with Gasteiger partial charge in [-0.15, -0.1) is 0 Å². The zero-order chi connectivity index (χ0) is 14.4. The molecule has 0 N–H and O–H groups in total. The molecule has 1 heteroatoms. The Kier molecular flexibility index (Phi) is 7.79. The summed E-state index contributed by atoms with van der Waals surface area (Å²) in [5.74, 6) is 1.12. The third-order valence-electron chi connectivity index (χ3n) is 5.58. The molecule has 1 rings (SSSR count). The molecule has 0 amide bonds. The normalized spacial score (nSPS) is 21.6. The van der Waals surface area contributed by atoms with Crippen molar-refractivity contribution in [3.63, 3.8) is 0 Å². The van der Waals surface area contributed by atoms with Crippen molar-refractivity contribution >= 4 is 18.4 Å². The molecule has 1 aliphatic carbocycles. The molecule has 0 radical (unpaired) electrons. The summed E-state index contributed by atoms with van der Waals surface area (Å²) in [6.45, 7) is 12.2. The summed E-state index contributed by atoms with van der Waals surface area (Å²) in [6.07, 6.45) is 10.4. The molecule has 0 bridgehead atoms. The van der Waals surface area contributed by atoms with Crippen molar-refractivity contribution in [1.29, 1.82) is 0 Å². The quantitative estimate of drug-likeness (QED) is 0.346. The molecule has 114 valence electrons. The van der Waals surface area contributed by atoms with Gasteiger partial charge < -0.3 is 0 Å². The Morgan fingerprint density at radius 2 is 1.21 bits per heavy atom. The van der Waals surface area contributed by atoms with Crippen LogP contribution < -0.4 is 0 Å². The SMILES string of the molecule is CCC[CH2][Sn]([CH2]CCC)([CH2]CCC)[CH2]C1CC1(C)C. The van der Waals surface area contributed by atoms with Crippen molar-refractivity contribution in [2.75, 3.05) is 0 Å². The number of unbranched alkanes of at least 4 members (excludes halogenated alkanes) is 3. The van der Waals surface area contributed by atoms with Crippen LogP contribution in [-0.2, 0) is 0 Å². The third-order valence-corrected chi connectivity index (χ3v) is 21.6. The maximum atomic E-state index is 2.51. The summed E-state index contributed by atoms with van der Waals surface area (Å²) < 4.78 is 6.86. The van der Waals surface area contributed by atoms with E-state index in [1.165, 1.54) is 44.9 Å². The Labute approximate surface area is 127 Å². The van der Waals surface area contributed by atoms with Crippen molar-refractivity contribution in [2.45, 2.75) is 97.3 Å². The van der Waals surface area contributed by atoms with E-state index in [0.29, 0.717) is 5.41 Å². The first-order valence-corrected chi connectivity index (χ1v) is 17.1. The first-order chi connectivity index (χ1) is 8.99. The second kappa shape index (κ2) is 8.29. The predicted octanol–water partition coefficient (Wildman–Crippen LogP) is 6.88. The van der Waals surface area contributed by atoms with E-state index in [1.807, 2.05) is 0 Å². The molecular weight excluding hydrogens is 335 g/mol. The van der Waals surface area contributed by atoms with Gasteiger partial charge in [-0.3, -0.25) is 0 Å². The molecule has 0 aliphatic heterocycles. The standard InChI is InChI=1S/C6H11.3C4H9.Sn/c1-5-4-6(5,2)3;3*1-3-4-2;/h5H,1,4H2,2-3H3;3*1,3-4H2,2H3;. The summed E-state index contributed by atoms with van der Waals surface area (Å²) in [7, 11) is 0. The molecule has 0 aromatic carbocycles. The van der Waals surface area contributed by atoms with Crippen molar-refractivity contribution < 1.29 is 0 Å². The predicted molar refractivity (Wildman–Crippen MR) is 91.6 cm³/mol. The fourth-order valence-corrected chi connectivity index (χ4v) is 22.1. The molecule has 1 saturated carbocycles. The minimum absolute atomic E-state index is 0.715. The van der Waals surface area contributed by atoms with Gasteiger partial charge in [0.1, 0.15) is 0 Å². The number of hydrogen-bond acceptors (Lipinski definition) is 0. The van der Waals surface area contributed by atoms with Gasteiger partial charge in [-0.25, -0.2) is 0 Å². The molecule has 1 atom stereocenters. The summed E-state index contributed by atoms with van der Waals surface area (Å²) in [6, 6.07) is 0. The molecule has 0 nitrogen and oxygen atoms in total. The van der Waals surface area contributed by atoms with Gasteiger partial charge in [0.15, 0.2) is 0 Å². The molecule has 0 spiro atoms. The third kappa shape index (κ3) is 5.97. The van der Waals surface area contributed by atoms with Crippen molar-refractivity contribution in [3.05, 3.63) is 0 Å². The van der Waals surface area contributed by atoms with Gasteiger partial charge in [0.05, 0.1) is 0 Å². The van der Waals surface area contributed by atoms with Crippen molar-refractivity contribution in [1.82, 2.24) is 0 Å². The van der Waals surface area contributed by atoms with E-state index in [4.69, 9.17) is 0 Å². The Morgan fingerprint density at radius 3 is 1.47 bits per heavy atom. The number of hydrogen-bond donors (Lipinski definition) is 0. The summed E-state index contributed by atoms with van der Waals surface area (Å²) in [4.78, 5) is 0. The summed E-state index contributed by atoms with van der Waals surface area (Å²) in [5, 5.41) is 0. The van der Waals surface area contributed by atoms with E-state index in [2.05, 4.69) is 34.6 Å². The minimum atomic E-state index is -1.79. The van der Waals surface area contributed by atoms with E-state index in [1.54, 1.807) is 17.7 Å². The molecule has 0 aromatic rings. The van der Waals surface area contributed by atoms with Crippen LogP contribution in [0.2, 0.25) is 17.7 Å². The Morgan fingerprint density at radius 1 is 0.842 bits per heavy atom. The molecule has 1 aliphatic rings. The second-order valence-electron chi connectivity index (χ2n) is 7.90. The van der Waals surface area contributed by atoms with Gasteiger partial charge in [0.2, 0.25) is 0 Å². The van der Waals surface area contributed by atoms with Gasteiger partial charge in [0, 0.05) is 0 Å². The van der Waals surface area contributed by atoms with E-state index in [-0.39, 0.29) is 0 Å². The average molecular weight is 373 g/mol. The maximum absolute atomic E-state index is 2.51. The first kappa shape index (κ1) is 17.8. The summed E-state index contributed by atoms with van der Waals surface area (Å²) >= 11 is -1.79. The van der Waals surface area contributed by atoms with Gasteiger partial charge in [-0.1, -0.05) is 0 Å². The fraction of sp³-hybridized carbons (Fsp3) is 1.00. The molecular formula is C18H38Sn. The van der Waals surface area contributed by atoms with Crippen LogP contribution >= 0.6 is 0 Å². The molecule has 0 aromatic heterocycles. The fourth-order valence-electron chi connectivity index (χ4n) is 3.78. The average Bonchev–Trinajstić information content (AvgIpc) is 2.98. The monoisotopic (exact) mass is 374 g/mol. The molecule has 19 heavy (non-hydrogen) atoms. The van der Waals surface area contributed by atoms with Crippen LogP contribution in [0.4, 0.5) is 0 Å². The second-order valence-corrected chi connectivity index (χ2v) is 21.9. The zero-order valence-corrected chi connectivity index (χ0v) is 17.2. The molecule has 1 fully saturated rings. The first-order valence-electron chi connectivity index (χ1n) is 8.99. The number of rotatable bonds is 11. The van der Waals surface area contributed by atoms with Crippen LogP contribution in [0.25, 0.3) is 0 Å². The molecule has 1 unspecified atom stereocenters. The molecule has 0 heterocycles. The van der Waals surface area contributed by atoms with Crippen LogP contribution in [0.3, 0.4) is 0 Å². The van der Waals surface area contributed by atoms with Gasteiger partial charge >= 0.3 is 127 Å². The van der Waals surface area contributed by atoms with Gasteiger partial charge in [-0.2, -0.15) is 0 Å². The van der Waals surface area contributed by atoms with E-state index >= 15 is 0 Å². The van der Waals surface area contributed by atoms with Crippen LogP contribution in [0.1, 0.15) is 79.6 Å². The van der Waals surface area contributed by atoms with Crippen LogP contribution in [0.15, 0.2) is 0 Å². The Bertz CT molecular complexity index is 222.